The van der Waals surface area contributed by atoms with Crippen LogP contribution < -0.4 is 10.1 Å². The Morgan fingerprint density at radius 3 is 2.87 bits per heavy atom. The fourth-order valence-corrected chi connectivity index (χ4v) is 4.13. The summed E-state index contributed by atoms with van der Waals surface area (Å²) in [4.78, 5) is 14.4. The molecule has 8 nitrogen and oxygen atoms in total. The van der Waals surface area contributed by atoms with Gasteiger partial charge in [0.2, 0.25) is 11.0 Å². The van der Waals surface area contributed by atoms with E-state index in [0.29, 0.717) is 31.1 Å². The summed E-state index contributed by atoms with van der Waals surface area (Å²) < 4.78 is 10.9. The number of nitrogens with zero attached hydrogens (tertiary/aromatic N) is 3. The SMILES string of the molecule is COCc1nnc(NC(=O)CN2CCCC(O)(COc3ccc(C)c(C)c3)CC2)s1. The minimum atomic E-state index is -0.891. The van der Waals surface area contributed by atoms with Crippen LogP contribution in [0.1, 0.15) is 35.4 Å². The molecule has 0 radical (unpaired) electrons. The predicted molar refractivity (Wildman–Crippen MR) is 116 cm³/mol. The van der Waals surface area contributed by atoms with Gasteiger partial charge in [-0.2, -0.15) is 0 Å². The second-order valence-electron chi connectivity index (χ2n) is 7.87. The molecule has 2 heterocycles. The number of hydrogen-bond donors (Lipinski definition) is 2. The third kappa shape index (κ3) is 6.46. The number of likely N-dealkylation sites (tertiary alicyclic amines) is 1. The molecule has 1 aliphatic heterocycles. The van der Waals surface area contributed by atoms with E-state index >= 15 is 0 Å². The molecule has 0 saturated carbocycles. The quantitative estimate of drug-likeness (QED) is 0.659. The molecule has 2 aromatic rings. The predicted octanol–water partition coefficient (Wildman–Crippen LogP) is 2.54. The van der Waals surface area contributed by atoms with Crippen LogP contribution in [0.2, 0.25) is 0 Å². The molecule has 0 bridgehead atoms. The van der Waals surface area contributed by atoms with Crippen molar-refractivity contribution in [3.63, 3.8) is 0 Å². The summed E-state index contributed by atoms with van der Waals surface area (Å²) in [5.41, 5.74) is 1.49. The Kier molecular flexibility index (Phi) is 7.76. The molecule has 30 heavy (non-hydrogen) atoms. The molecule has 164 valence electrons. The van der Waals surface area contributed by atoms with Gasteiger partial charge in [0.15, 0.2) is 0 Å². The Bertz CT molecular complexity index is 859. The lowest BCUT2D eigenvalue weighted by Crippen LogP contribution is -2.38. The first kappa shape index (κ1) is 22.6. The van der Waals surface area contributed by atoms with Crippen molar-refractivity contribution in [3.8, 4) is 5.75 Å². The lowest BCUT2D eigenvalue weighted by Gasteiger charge is -2.27. The van der Waals surface area contributed by atoms with Crippen molar-refractivity contribution in [2.75, 3.05) is 38.7 Å². The van der Waals surface area contributed by atoms with Gasteiger partial charge in [0.1, 0.15) is 24.0 Å². The van der Waals surface area contributed by atoms with Gasteiger partial charge in [0.05, 0.1) is 12.1 Å². The summed E-state index contributed by atoms with van der Waals surface area (Å²) >= 11 is 1.30. The number of aliphatic hydroxyl groups is 1. The maximum Gasteiger partial charge on any atom is 0.240 e. The van der Waals surface area contributed by atoms with Crippen LogP contribution in [0.3, 0.4) is 0 Å². The number of aromatic nitrogens is 2. The fourth-order valence-electron chi connectivity index (χ4n) is 3.41. The highest BCUT2D eigenvalue weighted by Gasteiger charge is 2.31. The number of ether oxygens (including phenoxy) is 2. The number of anilines is 1. The van der Waals surface area contributed by atoms with E-state index in [9.17, 15) is 9.90 Å². The van der Waals surface area contributed by atoms with Gasteiger partial charge in [0.25, 0.3) is 0 Å². The van der Waals surface area contributed by atoms with Gasteiger partial charge in [-0.3, -0.25) is 15.0 Å². The molecule has 0 aliphatic carbocycles. The Morgan fingerprint density at radius 2 is 2.10 bits per heavy atom. The molecule has 1 saturated heterocycles. The molecule has 9 heteroatoms. The van der Waals surface area contributed by atoms with Gasteiger partial charge >= 0.3 is 0 Å². The summed E-state index contributed by atoms with van der Waals surface area (Å²) in [5.74, 6) is 0.642. The number of carbonyl (C=O) groups is 1. The van der Waals surface area contributed by atoms with Gasteiger partial charge in [-0.1, -0.05) is 17.4 Å². The topological polar surface area (TPSA) is 96.8 Å². The first-order valence-corrected chi connectivity index (χ1v) is 10.9. The van der Waals surface area contributed by atoms with Crippen molar-refractivity contribution >= 4 is 22.4 Å². The number of aryl methyl sites for hydroxylation is 2. The van der Waals surface area contributed by atoms with E-state index in [2.05, 4.69) is 27.3 Å². The normalized spacial score (nSPS) is 20.0. The molecule has 1 amide bonds. The molecule has 3 rings (SSSR count). The molecule has 1 aromatic carbocycles. The Hall–Kier alpha value is -2.07. The van der Waals surface area contributed by atoms with Gasteiger partial charge in [-0.25, -0.2) is 0 Å². The lowest BCUT2D eigenvalue weighted by atomic mass is 9.96. The van der Waals surface area contributed by atoms with Crippen molar-refractivity contribution in [1.82, 2.24) is 15.1 Å². The van der Waals surface area contributed by atoms with Crippen molar-refractivity contribution in [2.24, 2.45) is 0 Å². The highest BCUT2D eigenvalue weighted by molar-refractivity contribution is 7.15. The van der Waals surface area contributed by atoms with E-state index in [1.807, 2.05) is 25.1 Å². The van der Waals surface area contributed by atoms with Crippen molar-refractivity contribution in [1.29, 1.82) is 0 Å². The first-order valence-electron chi connectivity index (χ1n) is 10.1. The Morgan fingerprint density at radius 1 is 1.27 bits per heavy atom. The molecule has 1 atom stereocenters. The smallest absolute Gasteiger partial charge is 0.240 e. The number of hydrogen-bond acceptors (Lipinski definition) is 8. The third-order valence-electron chi connectivity index (χ3n) is 5.34. The van der Waals surface area contributed by atoms with Crippen LogP contribution in [-0.2, 0) is 16.1 Å². The summed E-state index contributed by atoms with van der Waals surface area (Å²) in [7, 11) is 1.59. The highest BCUT2D eigenvalue weighted by atomic mass is 32.1. The molecular weight excluding hydrogens is 404 g/mol. The molecule has 1 aromatic heterocycles. The molecule has 1 unspecified atom stereocenters. The molecule has 0 spiro atoms. The summed E-state index contributed by atoms with van der Waals surface area (Å²) in [6.45, 7) is 6.38. The van der Waals surface area contributed by atoms with E-state index in [4.69, 9.17) is 9.47 Å². The Balaban J connectivity index is 1.47. The van der Waals surface area contributed by atoms with Crippen LogP contribution in [0.5, 0.6) is 5.75 Å². The van der Waals surface area contributed by atoms with E-state index in [1.165, 1.54) is 22.5 Å². The second-order valence-corrected chi connectivity index (χ2v) is 8.93. The van der Waals surface area contributed by atoms with Crippen molar-refractivity contribution in [2.45, 2.75) is 45.3 Å². The largest absolute Gasteiger partial charge is 0.491 e. The van der Waals surface area contributed by atoms with E-state index < -0.39 is 5.60 Å². The zero-order chi connectivity index (χ0) is 21.6. The number of methoxy groups -OCH3 is 1. The highest BCUT2D eigenvalue weighted by Crippen LogP contribution is 2.25. The van der Waals surface area contributed by atoms with Crippen molar-refractivity contribution in [3.05, 3.63) is 34.3 Å². The number of amides is 1. The number of benzene rings is 1. The van der Waals surface area contributed by atoms with Crippen LogP contribution in [0, 0.1) is 13.8 Å². The zero-order valence-corrected chi connectivity index (χ0v) is 18.6. The van der Waals surface area contributed by atoms with Crippen LogP contribution in [0.4, 0.5) is 5.13 Å². The number of rotatable bonds is 8. The minimum absolute atomic E-state index is 0.132. The molecule has 1 aliphatic rings. The first-order chi connectivity index (χ1) is 14.4. The van der Waals surface area contributed by atoms with E-state index in [-0.39, 0.29) is 19.1 Å². The van der Waals surface area contributed by atoms with Crippen LogP contribution >= 0.6 is 11.3 Å². The standard InChI is InChI=1S/C21H30N4O4S/c1-15-5-6-17(11-16(15)2)29-14-21(27)7-4-9-25(10-8-21)12-18(26)22-20-24-23-19(30-20)13-28-3/h5-6,11,27H,4,7-10,12-14H2,1-3H3,(H,22,24,26). The van der Waals surface area contributed by atoms with E-state index in [0.717, 1.165) is 23.7 Å². The average Bonchev–Trinajstić information content (AvgIpc) is 3.05. The monoisotopic (exact) mass is 434 g/mol. The fraction of sp³-hybridized carbons (Fsp3) is 0.571. The van der Waals surface area contributed by atoms with Crippen molar-refractivity contribution < 1.29 is 19.4 Å². The summed E-state index contributed by atoms with van der Waals surface area (Å²) in [5, 5.41) is 22.9. The average molecular weight is 435 g/mol. The second kappa shape index (κ2) is 10.3. The molecule has 1 fully saturated rings. The number of carbonyl (C=O) groups excluding carboxylic acids is 1. The molecular formula is C21H30N4O4S. The zero-order valence-electron chi connectivity index (χ0n) is 17.8. The van der Waals surface area contributed by atoms with Gasteiger partial charge in [-0.05, 0) is 62.9 Å². The number of nitrogens with one attached hydrogen (secondary N) is 1. The third-order valence-corrected chi connectivity index (χ3v) is 6.16. The summed E-state index contributed by atoms with van der Waals surface area (Å²) in [6, 6.07) is 5.96. The maximum atomic E-state index is 12.4. The van der Waals surface area contributed by atoms with Gasteiger partial charge in [-0.15, -0.1) is 10.2 Å². The lowest BCUT2D eigenvalue weighted by molar-refractivity contribution is -0.117. The minimum Gasteiger partial charge on any atom is -0.491 e. The van der Waals surface area contributed by atoms with Crippen LogP contribution in [-0.4, -0.2) is 65.1 Å². The van der Waals surface area contributed by atoms with Crippen LogP contribution in [0.25, 0.3) is 0 Å². The van der Waals surface area contributed by atoms with Gasteiger partial charge < -0.3 is 14.6 Å². The Labute approximate surface area is 181 Å². The van der Waals surface area contributed by atoms with Crippen LogP contribution in [0.15, 0.2) is 18.2 Å². The van der Waals surface area contributed by atoms with E-state index in [1.54, 1.807) is 7.11 Å². The molecule has 2 N–H and O–H groups in total. The van der Waals surface area contributed by atoms with Gasteiger partial charge in [0, 0.05) is 13.7 Å². The summed E-state index contributed by atoms with van der Waals surface area (Å²) in [6.07, 6.45) is 2.01. The maximum absolute atomic E-state index is 12.4.